The van der Waals surface area contributed by atoms with Gasteiger partial charge in [-0.15, -0.1) is 0 Å². The lowest BCUT2D eigenvalue weighted by Crippen LogP contribution is -2.14. The second-order valence-corrected chi connectivity index (χ2v) is 2.16. The van der Waals surface area contributed by atoms with Crippen LogP contribution in [0, 0.1) is 0 Å². The molecule has 0 fully saturated rings. The molecule has 1 rings (SSSR count). The van der Waals surface area contributed by atoms with Crippen LogP contribution in [-0.2, 0) is 0 Å². The minimum absolute atomic E-state index is 0.0686. The highest BCUT2D eigenvalue weighted by atomic mass is 35.5. The molecule has 1 aromatic heterocycles. The van der Waals surface area contributed by atoms with Crippen molar-refractivity contribution < 1.29 is 4.79 Å². The van der Waals surface area contributed by atoms with Crippen molar-refractivity contribution in [2.75, 3.05) is 5.73 Å². The summed E-state index contributed by atoms with van der Waals surface area (Å²) >= 11 is 5.47. The highest BCUT2D eigenvalue weighted by Crippen LogP contribution is 2.10. The lowest BCUT2D eigenvalue weighted by molar-refractivity contribution is 0.0995. The van der Waals surface area contributed by atoms with E-state index in [9.17, 15) is 4.79 Å². The number of aromatic nitrogens is 2. The number of primary amides is 1. The SMILES string of the molecule is NC(=O)c1ncc(N)nc1Cl. The number of halogens is 1. The van der Waals surface area contributed by atoms with Crippen molar-refractivity contribution in [1.29, 1.82) is 0 Å². The van der Waals surface area contributed by atoms with Gasteiger partial charge in [-0.05, 0) is 0 Å². The van der Waals surface area contributed by atoms with E-state index in [4.69, 9.17) is 23.1 Å². The molecule has 0 aliphatic carbocycles. The van der Waals surface area contributed by atoms with E-state index >= 15 is 0 Å². The normalized spacial score (nSPS) is 9.55. The largest absolute Gasteiger partial charge is 0.382 e. The molecule has 11 heavy (non-hydrogen) atoms. The molecule has 0 saturated heterocycles. The van der Waals surface area contributed by atoms with Gasteiger partial charge in [-0.2, -0.15) is 0 Å². The Morgan fingerprint density at radius 3 is 2.73 bits per heavy atom. The third kappa shape index (κ3) is 1.56. The van der Waals surface area contributed by atoms with E-state index in [1.165, 1.54) is 6.20 Å². The predicted octanol–water partition coefficient (Wildman–Crippen LogP) is -0.189. The molecular formula is C5H5ClN4O. The van der Waals surface area contributed by atoms with Crippen LogP contribution in [0.3, 0.4) is 0 Å². The van der Waals surface area contributed by atoms with E-state index < -0.39 is 5.91 Å². The standard InChI is InChI=1S/C5H5ClN4O/c6-4-3(5(8)11)9-1-2(7)10-4/h1H,(H2,7,10)(H2,8,11). The number of hydrogen-bond donors (Lipinski definition) is 2. The molecule has 0 radical (unpaired) electrons. The van der Waals surface area contributed by atoms with Crippen LogP contribution in [0.5, 0.6) is 0 Å². The first-order chi connectivity index (χ1) is 5.11. The van der Waals surface area contributed by atoms with E-state index in [0.29, 0.717) is 0 Å². The van der Waals surface area contributed by atoms with Gasteiger partial charge in [-0.1, -0.05) is 11.6 Å². The minimum Gasteiger partial charge on any atom is -0.382 e. The van der Waals surface area contributed by atoms with Gasteiger partial charge in [0.15, 0.2) is 10.8 Å². The number of carbonyl (C=O) groups is 1. The van der Waals surface area contributed by atoms with E-state index in [1.54, 1.807) is 0 Å². The lowest BCUT2D eigenvalue weighted by Gasteiger charge is -1.96. The Kier molecular flexibility index (Phi) is 1.91. The molecule has 0 aromatic carbocycles. The maximum Gasteiger partial charge on any atom is 0.270 e. The quantitative estimate of drug-likeness (QED) is 0.614. The Hall–Kier alpha value is -1.36. The lowest BCUT2D eigenvalue weighted by atomic mass is 10.4. The molecule has 58 valence electrons. The smallest absolute Gasteiger partial charge is 0.270 e. The molecule has 1 amide bonds. The number of nitrogen functional groups attached to an aromatic ring is 1. The second-order valence-electron chi connectivity index (χ2n) is 1.80. The van der Waals surface area contributed by atoms with Gasteiger partial charge in [0.25, 0.3) is 5.91 Å². The Labute approximate surface area is 67.4 Å². The van der Waals surface area contributed by atoms with Gasteiger partial charge < -0.3 is 11.5 Å². The molecular weight excluding hydrogens is 168 g/mol. The molecule has 0 bridgehead atoms. The summed E-state index contributed by atoms with van der Waals surface area (Å²) in [5, 5.41) is -0.0718. The van der Waals surface area contributed by atoms with Crippen LogP contribution in [0.2, 0.25) is 5.15 Å². The molecule has 6 heteroatoms. The van der Waals surface area contributed by atoms with Crippen LogP contribution < -0.4 is 11.5 Å². The van der Waals surface area contributed by atoms with Gasteiger partial charge in [0, 0.05) is 0 Å². The number of carbonyl (C=O) groups excluding carboxylic acids is 1. The summed E-state index contributed by atoms with van der Waals surface area (Å²) in [6, 6.07) is 0. The van der Waals surface area contributed by atoms with Crippen molar-refractivity contribution in [3.05, 3.63) is 17.0 Å². The topological polar surface area (TPSA) is 94.9 Å². The Balaban J connectivity index is 3.20. The van der Waals surface area contributed by atoms with Crippen molar-refractivity contribution in [1.82, 2.24) is 9.97 Å². The van der Waals surface area contributed by atoms with Crippen LogP contribution in [0.15, 0.2) is 6.20 Å². The van der Waals surface area contributed by atoms with Crippen molar-refractivity contribution in [3.8, 4) is 0 Å². The van der Waals surface area contributed by atoms with E-state index in [1.807, 2.05) is 0 Å². The van der Waals surface area contributed by atoms with Gasteiger partial charge in [0.2, 0.25) is 0 Å². The third-order valence-corrected chi connectivity index (χ3v) is 1.25. The maximum absolute atomic E-state index is 10.5. The molecule has 0 atom stereocenters. The Morgan fingerprint density at radius 2 is 2.27 bits per heavy atom. The van der Waals surface area contributed by atoms with Crippen LogP contribution in [0.1, 0.15) is 10.5 Å². The number of nitrogens with two attached hydrogens (primary N) is 2. The fourth-order valence-corrected chi connectivity index (χ4v) is 0.784. The highest BCUT2D eigenvalue weighted by molar-refractivity contribution is 6.32. The summed E-state index contributed by atoms with van der Waals surface area (Å²) in [6.45, 7) is 0. The number of nitrogens with zero attached hydrogens (tertiary/aromatic N) is 2. The first kappa shape index (κ1) is 7.74. The fourth-order valence-electron chi connectivity index (χ4n) is 0.544. The molecule has 0 spiro atoms. The summed E-state index contributed by atoms with van der Waals surface area (Å²) in [6.07, 6.45) is 1.21. The molecule has 0 aliphatic rings. The first-order valence-electron chi connectivity index (χ1n) is 2.69. The molecule has 0 unspecified atom stereocenters. The maximum atomic E-state index is 10.5. The Morgan fingerprint density at radius 1 is 1.64 bits per heavy atom. The highest BCUT2D eigenvalue weighted by Gasteiger charge is 2.08. The van der Waals surface area contributed by atoms with Crippen molar-refractivity contribution >= 4 is 23.3 Å². The van der Waals surface area contributed by atoms with Gasteiger partial charge in [0.05, 0.1) is 6.20 Å². The van der Waals surface area contributed by atoms with Gasteiger partial charge >= 0.3 is 0 Å². The monoisotopic (exact) mass is 172 g/mol. The predicted molar refractivity (Wildman–Crippen MR) is 40.0 cm³/mol. The average molecular weight is 173 g/mol. The average Bonchev–Trinajstić information content (AvgIpc) is 1.85. The summed E-state index contributed by atoms with van der Waals surface area (Å²) in [5.41, 5.74) is 10.0. The second kappa shape index (κ2) is 2.71. The van der Waals surface area contributed by atoms with Gasteiger partial charge in [0.1, 0.15) is 5.82 Å². The van der Waals surface area contributed by atoms with Gasteiger partial charge in [-0.3, -0.25) is 4.79 Å². The molecule has 5 nitrogen and oxygen atoms in total. The summed E-state index contributed by atoms with van der Waals surface area (Å²) in [7, 11) is 0. The zero-order chi connectivity index (χ0) is 8.43. The molecule has 4 N–H and O–H groups in total. The summed E-state index contributed by atoms with van der Waals surface area (Å²) in [5.74, 6) is -0.567. The van der Waals surface area contributed by atoms with Crippen molar-refractivity contribution in [2.45, 2.75) is 0 Å². The Bertz CT molecular complexity index is 301. The van der Waals surface area contributed by atoms with E-state index in [-0.39, 0.29) is 16.7 Å². The zero-order valence-electron chi connectivity index (χ0n) is 5.41. The summed E-state index contributed by atoms with van der Waals surface area (Å²) < 4.78 is 0. The van der Waals surface area contributed by atoms with Crippen molar-refractivity contribution in [3.63, 3.8) is 0 Å². The van der Waals surface area contributed by atoms with Crippen LogP contribution in [-0.4, -0.2) is 15.9 Å². The molecule has 1 aromatic rings. The molecule has 1 heterocycles. The van der Waals surface area contributed by atoms with Crippen LogP contribution >= 0.6 is 11.6 Å². The summed E-state index contributed by atoms with van der Waals surface area (Å²) in [4.78, 5) is 17.7. The van der Waals surface area contributed by atoms with Gasteiger partial charge in [-0.25, -0.2) is 9.97 Å². The van der Waals surface area contributed by atoms with E-state index in [0.717, 1.165) is 0 Å². The number of anilines is 1. The number of rotatable bonds is 1. The molecule has 0 aliphatic heterocycles. The number of hydrogen-bond acceptors (Lipinski definition) is 4. The molecule has 0 saturated carbocycles. The fraction of sp³-hybridized carbons (Fsp3) is 0. The van der Waals surface area contributed by atoms with Crippen LogP contribution in [0.4, 0.5) is 5.82 Å². The third-order valence-electron chi connectivity index (χ3n) is 0.982. The van der Waals surface area contributed by atoms with Crippen LogP contribution in [0.25, 0.3) is 0 Å². The van der Waals surface area contributed by atoms with E-state index in [2.05, 4.69) is 9.97 Å². The van der Waals surface area contributed by atoms with Crippen molar-refractivity contribution in [2.24, 2.45) is 5.73 Å². The first-order valence-corrected chi connectivity index (χ1v) is 3.07. The number of amides is 1. The zero-order valence-corrected chi connectivity index (χ0v) is 6.17. The minimum atomic E-state index is -0.720.